The van der Waals surface area contributed by atoms with Crippen molar-refractivity contribution in [1.82, 2.24) is 0 Å². The van der Waals surface area contributed by atoms with Crippen LogP contribution in [-0.2, 0) is 38.1 Å². The van der Waals surface area contributed by atoms with Crippen molar-refractivity contribution in [3.63, 3.8) is 0 Å². The predicted molar refractivity (Wildman–Crippen MR) is 94.4 cm³/mol. The van der Waals surface area contributed by atoms with Crippen molar-refractivity contribution in [3.8, 4) is 0 Å². The molecule has 0 aromatic heterocycles. The van der Waals surface area contributed by atoms with E-state index in [9.17, 15) is 19.2 Å². The third kappa shape index (κ3) is 4.09. The minimum Gasteiger partial charge on any atom is -0.468 e. The molecule has 8 heteroatoms. The summed E-state index contributed by atoms with van der Waals surface area (Å²) in [6.45, 7) is 6.96. The molecule has 1 saturated carbocycles. The number of esters is 4. The smallest absolute Gasteiger partial charge is 0.323 e. The molecule has 0 radical (unpaired) electrons. The number of hydrogen-bond acceptors (Lipinski definition) is 8. The number of hydrogen-bond donors (Lipinski definition) is 0. The number of ether oxygens (including phenoxy) is 4. The number of carbonyl (C=O) groups excluding carboxylic acids is 4. The molecule has 2 unspecified atom stereocenters. The van der Waals surface area contributed by atoms with Gasteiger partial charge in [-0.15, -0.1) is 0 Å². The van der Waals surface area contributed by atoms with Crippen LogP contribution in [0.2, 0.25) is 0 Å². The van der Waals surface area contributed by atoms with Gasteiger partial charge in [0, 0.05) is 0 Å². The average Bonchev–Trinajstić information content (AvgIpc) is 2.66. The van der Waals surface area contributed by atoms with Crippen molar-refractivity contribution in [1.29, 1.82) is 0 Å². The van der Waals surface area contributed by atoms with Crippen molar-refractivity contribution in [3.05, 3.63) is 0 Å². The number of rotatable bonds is 7. The van der Waals surface area contributed by atoms with E-state index >= 15 is 0 Å². The van der Waals surface area contributed by atoms with E-state index in [1.54, 1.807) is 27.7 Å². The average molecular weight is 386 g/mol. The first-order valence-electron chi connectivity index (χ1n) is 9.12. The van der Waals surface area contributed by atoms with Gasteiger partial charge in [-0.25, -0.2) is 0 Å². The lowest BCUT2D eigenvalue weighted by Crippen LogP contribution is -2.57. The maximum absolute atomic E-state index is 12.9. The zero-order valence-electron chi connectivity index (χ0n) is 17.0. The minimum absolute atomic E-state index is 0.101. The van der Waals surface area contributed by atoms with Crippen LogP contribution in [0, 0.1) is 16.2 Å². The van der Waals surface area contributed by atoms with Gasteiger partial charge in [-0.05, 0) is 46.5 Å². The lowest BCUT2D eigenvalue weighted by molar-refractivity contribution is -0.192. The van der Waals surface area contributed by atoms with Gasteiger partial charge in [0.1, 0.15) is 0 Å². The van der Waals surface area contributed by atoms with Crippen molar-refractivity contribution >= 4 is 23.9 Å². The first kappa shape index (κ1) is 22.9. The Hall–Kier alpha value is -2.12. The van der Waals surface area contributed by atoms with Crippen molar-refractivity contribution in [2.24, 2.45) is 16.2 Å². The molecule has 0 bridgehead atoms. The highest BCUT2D eigenvalue weighted by Crippen LogP contribution is 2.57. The van der Waals surface area contributed by atoms with Crippen LogP contribution in [0.3, 0.4) is 0 Å². The fourth-order valence-electron chi connectivity index (χ4n) is 4.21. The summed E-state index contributed by atoms with van der Waals surface area (Å²) < 4.78 is 20.2. The Morgan fingerprint density at radius 3 is 1.63 bits per heavy atom. The first-order valence-corrected chi connectivity index (χ1v) is 9.12. The minimum atomic E-state index is -1.80. The van der Waals surface area contributed by atoms with Crippen molar-refractivity contribution in [2.75, 3.05) is 27.4 Å². The Kier molecular flexibility index (Phi) is 7.40. The zero-order valence-corrected chi connectivity index (χ0v) is 17.0. The van der Waals surface area contributed by atoms with Gasteiger partial charge in [0.2, 0.25) is 0 Å². The highest BCUT2D eigenvalue weighted by Gasteiger charge is 2.65. The summed E-state index contributed by atoms with van der Waals surface area (Å²) in [6.07, 6.45) is 0.0590. The predicted octanol–water partition coefficient (Wildman–Crippen LogP) is 2.03. The van der Waals surface area contributed by atoms with Crippen LogP contribution >= 0.6 is 0 Å². The molecule has 0 spiro atoms. The Balaban J connectivity index is 3.64. The van der Waals surface area contributed by atoms with E-state index in [1.807, 2.05) is 0 Å². The number of carbonyl (C=O) groups is 4. The standard InChI is InChI=1S/C19H30O8/c1-7-18(14(21)27-9-3)10-17(4,13(20)26-8-2)11-19(12-18,15(22)24-5)16(23)25-6/h7-12H2,1-6H3. The van der Waals surface area contributed by atoms with Crippen LogP contribution < -0.4 is 0 Å². The van der Waals surface area contributed by atoms with E-state index < -0.39 is 40.1 Å². The lowest BCUT2D eigenvalue weighted by atomic mass is 9.52. The summed E-state index contributed by atoms with van der Waals surface area (Å²) in [5.74, 6) is -2.82. The molecule has 0 amide bonds. The molecular weight excluding hydrogens is 356 g/mol. The molecule has 0 aromatic carbocycles. The fourth-order valence-corrected chi connectivity index (χ4v) is 4.21. The molecule has 0 N–H and O–H groups in total. The molecule has 0 aromatic rings. The molecule has 1 rings (SSSR count). The van der Waals surface area contributed by atoms with E-state index in [2.05, 4.69) is 0 Å². The van der Waals surface area contributed by atoms with Crippen LogP contribution in [0.25, 0.3) is 0 Å². The summed E-state index contributed by atoms with van der Waals surface area (Å²) in [4.78, 5) is 51.0. The van der Waals surface area contributed by atoms with Crippen LogP contribution in [0.4, 0.5) is 0 Å². The van der Waals surface area contributed by atoms with E-state index in [1.165, 1.54) is 0 Å². The molecule has 1 aliphatic carbocycles. The van der Waals surface area contributed by atoms with Gasteiger partial charge in [0.05, 0.1) is 38.3 Å². The van der Waals surface area contributed by atoms with E-state index in [-0.39, 0.29) is 38.9 Å². The summed E-state index contributed by atoms with van der Waals surface area (Å²) in [5.41, 5.74) is -4.29. The summed E-state index contributed by atoms with van der Waals surface area (Å²) >= 11 is 0. The Labute approximate surface area is 159 Å². The second kappa shape index (κ2) is 8.71. The largest absolute Gasteiger partial charge is 0.468 e. The quantitative estimate of drug-likeness (QED) is 0.372. The Bertz CT molecular complexity index is 583. The number of methoxy groups -OCH3 is 2. The molecule has 8 nitrogen and oxygen atoms in total. The van der Waals surface area contributed by atoms with Crippen molar-refractivity contribution < 1.29 is 38.1 Å². The third-order valence-electron chi connectivity index (χ3n) is 5.37. The summed E-state index contributed by atoms with van der Waals surface area (Å²) in [6, 6.07) is 0. The van der Waals surface area contributed by atoms with E-state index in [0.717, 1.165) is 14.2 Å². The maximum atomic E-state index is 12.9. The van der Waals surface area contributed by atoms with Gasteiger partial charge >= 0.3 is 23.9 Å². The third-order valence-corrected chi connectivity index (χ3v) is 5.37. The van der Waals surface area contributed by atoms with Gasteiger partial charge in [-0.2, -0.15) is 0 Å². The molecule has 2 atom stereocenters. The zero-order chi connectivity index (χ0) is 20.9. The molecule has 0 heterocycles. The van der Waals surface area contributed by atoms with Gasteiger partial charge in [-0.3, -0.25) is 19.2 Å². The molecule has 1 aliphatic rings. The maximum Gasteiger partial charge on any atom is 0.323 e. The SMILES string of the molecule is CCOC(=O)C1(C)CC(CC)(C(=O)OCC)CC(C(=O)OC)(C(=O)OC)C1. The molecule has 0 saturated heterocycles. The normalized spacial score (nSPS) is 26.6. The molecule has 0 aliphatic heterocycles. The fraction of sp³-hybridized carbons (Fsp3) is 0.789. The Morgan fingerprint density at radius 1 is 0.741 bits per heavy atom. The summed E-state index contributed by atoms with van der Waals surface area (Å²) in [5, 5.41) is 0. The van der Waals surface area contributed by atoms with E-state index in [0.29, 0.717) is 0 Å². The molecule has 1 fully saturated rings. The van der Waals surface area contributed by atoms with Crippen molar-refractivity contribution in [2.45, 2.75) is 53.4 Å². The van der Waals surface area contributed by atoms with Crippen LogP contribution in [0.5, 0.6) is 0 Å². The van der Waals surface area contributed by atoms with Gasteiger partial charge < -0.3 is 18.9 Å². The molecular formula is C19H30O8. The molecule has 27 heavy (non-hydrogen) atoms. The van der Waals surface area contributed by atoms with Crippen LogP contribution in [-0.4, -0.2) is 51.3 Å². The highest BCUT2D eigenvalue weighted by molar-refractivity contribution is 6.02. The van der Waals surface area contributed by atoms with Gasteiger partial charge in [0.25, 0.3) is 0 Å². The molecule has 154 valence electrons. The second-order valence-corrected chi connectivity index (χ2v) is 7.23. The highest BCUT2D eigenvalue weighted by atomic mass is 16.6. The lowest BCUT2D eigenvalue weighted by Gasteiger charge is -2.49. The van der Waals surface area contributed by atoms with Gasteiger partial charge in [-0.1, -0.05) is 6.92 Å². The Morgan fingerprint density at radius 2 is 1.22 bits per heavy atom. The van der Waals surface area contributed by atoms with Crippen LogP contribution in [0.1, 0.15) is 53.4 Å². The monoisotopic (exact) mass is 386 g/mol. The van der Waals surface area contributed by atoms with E-state index in [4.69, 9.17) is 18.9 Å². The second-order valence-electron chi connectivity index (χ2n) is 7.23. The summed E-state index contributed by atoms with van der Waals surface area (Å²) in [7, 11) is 2.31. The van der Waals surface area contributed by atoms with Gasteiger partial charge in [0.15, 0.2) is 5.41 Å². The topological polar surface area (TPSA) is 105 Å². The van der Waals surface area contributed by atoms with Crippen LogP contribution in [0.15, 0.2) is 0 Å². The first-order chi connectivity index (χ1) is 12.6.